The molecule has 0 spiro atoms. The molecule has 0 saturated heterocycles. The molecule has 0 aliphatic rings. The zero-order valence-corrected chi connectivity index (χ0v) is 13.5. The quantitative estimate of drug-likeness (QED) is 0.640. The zero-order valence-electron chi connectivity index (χ0n) is 13.5. The zero-order chi connectivity index (χ0) is 17.5. The number of amides is 2. The molecular formula is C17H18N4O3. The summed E-state index contributed by atoms with van der Waals surface area (Å²) in [6.45, 7) is 4.13. The Morgan fingerprint density at radius 1 is 1.33 bits per heavy atom. The summed E-state index contributed by atoms with van der Waals surface area (Å²) in [5.41, 5.74) is 1.08. The first kappa shape index (κ1) is 17.2. The van der Waals surface area contributed by atoms with Gasteiger partial charge in [0.05, 0.1) is 0 Å². The van der Waals surface area contributed by atoms with Crippen LogP contribution in [0.15, 0.2) is 28.8 Å². The topological polar surface area (TPSA) is 97.1 Å². The van der Waals surface area contributed by atoms with Crippen LogP contribution in [0.25, 0.3) is 0 Å². The normalized spacial score (nSPS) is 10.2. The molecule has 0 atom stereocenters. The van der Waals surface area contributed by atoms with Gasteiger partial charge >= 0.3 is 11.8 Å². The summed E-state index contributed by atoms with van der Waals surface area (Å²) in [5, 5.41) is 8.81. The molecule has 0 fully saturated rings. The van der Waals surface area contributed by atoms with Crippen LogP contribution in [0.3, 0.4) is 0 Å². The van der Waals surface area contributed by atoms with Crippen molar-refractivity contribution in [2.45, 2.75) is 26.2 Å². The van der Waals surface area contributed by atoms with Crippen molar-refractivity contribution in [3.05, 3.63) is 41.5 Å². The van der Waals surface area contributed by atoms with Gasteiger partial charge in [0.2, 0.25) is 5.89 Å². The summed E-state index contributed by atoms with van der Waals surface area (Å²) >= 11 is 0. The third kappa shape index (κ3) is 4.68. The van der Waals surface area contributed by atoms with Gasteiger partial charge in [-0.1, -0.05) is 31.0 Å². The highest BCUT2D eigenvalue weighted by atomic mass is 16.5. The molecule has 0 unspecified atom stereocenters. The van der Waals surface area contributed by atoms with Gasteiger partial charge in [0.15, 0.2) is 5.82 Å². The molecule has 1 aromatic heterocycles. The number of benzene rings is 1. The van der Waals surface area contributed by atoms with Crippen LogP contribution >= 0.6 is 0 Å². The first-order valence-corrected chi connectivity index (χ1v) is 7.48. The summed E-state index contributed by atoms with van der Waals surface area (Å²) in [6.07, 6.45) is 5.64. The van der Waals surface area contributed by atoms with E-state index in [1.807, 2.05) is 13.8 Å². The van der Waals surface area contributed by atoms with Gasteiger partial charge in [0.1, 0.15) is 0 Å². The lowest BCUT2D eigenvalue weighted by Gasteiger charge is -2.06. The van der Waals surface area contributed by atoms with E-state index < -0.39 is 11.8 Å². The Kier molecular flexibility index (Phi) is 5.68. The summed E-state index contributed by atoms with van der Waals surface area (Å²) < 4.78 is 5.06. The highest BCUT2D eigenvalue weighted by molar-refractivity contribution is 6.39. The monoisotopic (exact) mass is 326 g/mol. The molecule has 0 aliphatic heterocycles. The van der Waals surface area contributed by atoms with Gasteiger partial charge in [-0.05, 0) is 18.2 Å². The van der Waals surface area contributed by atoms with Gasteiger partial charge in [-0.25, -0.2) is 0 Å². The summed E-state index contributed by atoms with van der Waals surface area (Å²) in [6, 6.07) is 6.69. The number of nitrogens with zero attached hydrogens (tertiary/aromatic N) is 2. The average molecular weight is 326 g/mol. The van der Waals surface area contributed by atoms with E-state index >= 15 is 0 Å². The molecule has 0 radical (unpaired) electrons. The minimum Gasteiger partial charge on any atom is -0.347 e. The van der Waals surface area contributed by atoms with E-state index in [9.17, 15) is 9.59 Å². The van der Waals surface area contributed by atoms with E-state index in [-0.39, 0.29) is 12.5 Å². The molecule has 2 rings (SSSR count). The van der Waals surface area contributed by atoms with E-state index in [1.54, 1.807) is 24.3 Å². The van der Waals surface area contributed by atoms with Crippen molar-refractivity contribution in [2.75, 3.05) is 11.9 Å². The third-order valence-electron chi connectivity index (χ3n) is 3.12. The minimum atomic E-state index is -0.766. The Labute approximate surface area is 139 Å². The van der Waals surface area contributed by atoms with Gasteiger partial charge in [-0.15, -0.1) is 6.42 Å². The molecule has 24 heavy (non-hydrogen) atoms. The maximum absolute atomic E-state index is 11.8. The number of terminal acetylenes is 1. The van der Waals surface area contributed by atoms with Crippen LogP contribution in [-0.2, 0) is 16.0 Å². The molecule has 2 amide bonds. The minimum absolute atomic E-state index is 0.168. The molecule has 1 aromatic carbocycles. The van der Waals surface area contributed by atoms with Crippen LogP contribution in [0, 0.1) is 12.3 Å². The van der Waals surface area contributed by atoms with Crippen LogP contribution in [0.5, 0.6) is 0 Å². The molecule has 1 heterocycles. The maximum atomic E-state index is 11.8. The molecule has 7 heteroatoms. The lowest BCUT2D eigenvalue weighted by molar-refractivity contribution is -0.136. The highest BCUT2D eigenvalue weighted by Crippen LogP contribution is 2.10. The summed E-state index contributed by atoms with van der Waals surface area (Å²) in [5.74, 6) is 2.14. The highest BCUT2D eigenvalue weighted by Gasteiger charge is 2.14. The summed E-state index contributed by atoms with van der Waals surface area (Å²) in [7, 11) is 0. The Balaban J connectivity index is 1.81. The second-order valence-corrected chi connectivity index (χ2v) is 5.39. The lowest BCUT2D eigenvalue weighted by atomic mass is 10.2. The van der Waals surface area contributed by atoms with Crippen molar-refractivity contribution in [1.82, 2.24) is 15.5 Å². The van der Waals surface area contributed by atoms with E-state index in [2.05, 4.69) is 26.7 Å². The van der Waals surface area contributed by atoms with E-state index in [0.717, 1.165) is 0 Å². The fourth-order valence-electron chi connectivity index (χ4n) is 1.84. The molecule has 0 bridgehead atoms. The standard InChI is InChI=1S/C17H18N4O3/c1-4-12-6-5-7-13(10-12)19-17(23)16(22)18-9-8-14-20-15(11(2)3)21-24-14/h1,5-7,10-11H,8-9H2,2-3H3,(H,18,22)(H,19,23). The molecule has 2 N–H and O–H groups in total. The number of aromatic nitrogens is 2. The van der Waals surface area contributed by atoms with Crippen molar-refractivity contribution in [3.8, 4) is 12.3 Å². The maximum Gasteiger partial charge on any atom is 0.313 e. The third-order valence-corrected chi connectivity index (χ3v) is 3.12. The van der Waals surface area contributed by atoms with Crippen molar-refractivity contribution < 1.29 is 14.1 Å². The Bertz CT molecular complexity index is 774. The van der Waals surface area contributed by atoms with Gasteiger partial charge < -0.3 is 15.2 Å². The molecular weight excluding hydrogens is 308 g/mol. The second kappa shape index (κ2) is 7.92. The molecule has 124 valence electrons. The van der Waals surface area contributed by atoms with Crippen LogP contribution in [0.1, 0.15) is 37.0 Å². The Hall–Kier alpha value is -3.14. The molecule has 0 aliphatic carbocycles. The van der Waals surface area contributed by atoms with Gasteiger partial charge in [0, 0.05) is 30.1 Å². The number of carbonyl (C=O) groups is 2. The fraction of sp³-hybridized carbons (Fsp3) is 0.294. The Morgan fingerprint density at radius 2 is 2.12 bits per heavy atom. The van der Waals surface area contributed by atoms with Crippen molar-refractivity contribution in [3.63, 3.8) is 0 Å². The predicted octanol–water partition coefficient (Wildman–Crippen LogP) is 1.47. The van der Waals surface area contributed by atoms with Gasteiger partial charge in [-0.2, -0.15) is 4.98 Å². The fourth-order valence-corrected chi connectivity index (χ4v) is 1.84. The van der Waals surface area contributed by atoms with E-state index in [4.69, 9.17) is 10.9 Å². The predicted molar refractivity (Wildman–Crippen MR) is 88.1 cm³/mol. The van der Waals surface area contributed by atoms with E-state index in [1.165, 1.54) is 0 Å². The number of anilines is 1. The smallest absolute Gasteiger partial charge is 0.313 e. The largest absolute Gasteiger partial charge is 0.347 e. The van der Waals surface area contributed by atoms with Gasteiger partial charge in [0.25, 0.3) is 0 Å². The molecule has 7 nitrogen and oxygen atoms in total. The average Bonchev–Trinajstić information content (AvgIpc) is 3.04. The first-order chi connectivity index (χ1) is 11.5. The van der Waals surface area contributed by atoms with Crippen molar-refractivity contribution in [1.29, 1.82) is 0 Å². The van der Waals surface area contributed by atoms with Crippen LogP contribution in [-0.4, -0.2) is 28.5 Å². The second-order valence-electron chi connectivity index (χ2n) is 5.39. The molecule has 0 saturated carbocycles. The first-order valence-electron chi connectivity index (χ1n) is 7.48. The lowest BCUT2D eigenvalue weighted by Crippen LogP contribution is -2.36. The summed E-state index contributed by atoms with van der Waals surface area (Å²) in [4.78, 5) is 27.8. The number of hydrogen-bond donors (Lipinski definition) is 2. The number of nitrogens with one attached hydrogen (secondary N) is 2. The SMILES string of the molecule is C#Cc1cccc(NC(=O)C(=O)NCCc2nc(C(C)C)no2)c1. The number of rotatable bonds is 5. The number of hydrogen-bond acceptors (Lipinski definition) is 5. The van der Waals surface area contributed by atoms with Crippen molar-refractivity contribution >= 4 is 17.5 Å². The number of carbonyl (C=O) groups excluding carboxylic acids is 2. The van der Waals surface area contributed by atoms with Crippen LogP contribution < -0.4 is 10.6 Å². The van der Waals surface area contributed by atoms with E-state index in [0.29, 0.717) is 29.4 Å². The van der Waals surface area contributed by atoms with Crippen molar-refractivity contribution in [2.24, 2.45) is 0 Å². The van der Waals surface area contributed by atoms with Gasteiger partial charge in [-0.3, -0.25) is 9.59 Å². The van der Waals surface area contributed by atoms with Crippen LogP contribution in [0.4, 0.5) is 5.69 Å². The molecule has 2 aromatic rings. The Morgan fingerprint density at radius 3 is 2.79 bits per heavy atom. The van der Waals surface area contributed by atoms with Crippen LogP contribution in [0.2, 0.25) is 0 Å².